The molecule has 2 aliphatic rings. The van der Waals surface area contributed by atoms with Crippen molar-refractivity contribution in [3.05, 3.63) is 47.0 Å². The molecule has 6 heteroatoms. The van der Waals surface area contributed by atoms with Gasteiger partial charge in [-0.2, -0.15) is 5.10 Å². The third kappa shape index (κ3) is 2.63. The number of nitrogens with one attached hydrogen (secondary N) is 1. The highest BCUT2D eigenvalue weighted by molar-refractivity contribution is 5.85. The van der Waals surface area contributed by atoms with Crippen LogP contribution in [0.4, 0.5) is 0 Å². The van der Waals surface area contributed by atoms with Gasteiger partial charge in [-0.05, 0) is 30.9 Å². The molecule has 23 heavy (non-hydrogen) atoms. The van der Waals surface area contributed by atoms with Crippen molar-refractivity contribution in [1.29, 1.82) is 0 Å². The lowest BCUT2D eigenvalue weighted by Gasteiger charge is -2.33. The normalized spacial score (nSPS) is 23.8. The maximum atomic E-state index is 13.0. The lowest BCUT2D eigenvalue weighted by atomic mass is 9.99. The monoisotopic (exact) mass is 312 g/mol. The van der Waals surface area contributed by atoms with E-state index in [-0.39, 0.29) is 17.9 Å². The van der Waals surface area contributed by atoms with Crippen LogP contribution in [0.25, 0.3) is 0 Å². The number of nitrogens with zero attached hydrogens (tertiary/aromatic N) is 3. The number of benzene rings is 1. The number of hydrogen-bond donors (Lipinski definition) is 1. The number of ether oxygens (including phenoxy) is 1. The number of morpholine rings is 1. The fraction of sp³-hybridized carbons (Fsp3) is 0.471. The summed E-state index contributed by atoms with van der Waals surface area (Å²) in [5.41, 5.74) is 2.49. The van der Waals surface area contributed by atoms with Crippen molar-refractivity contribution in [3.8, 4) is 0 Å². The van der Waals surface area contributed by atoms with E-state index in [0.29, 0.717) is 25.5 Å². The summed E-state index contributed by atoms with van der Waals surface area (Å²) < 4.78 is 5.75. The molecule has 1 amide bonds. The molecule has 0 saturated carbocycles. The molecule has 1 fully saturated rings. The predicted octanol–water partition coefficient (Wildman–Crippen LogP) is 1.74. The number of carbonyl (C=O) groups is 1. The fourth-order valence-corrected chi connectivity index (χ4v) is 3.54. The van der Waals surface area contributed by atoms with E-state index in [9.17, 15) is 4.79 Å². The topological polar surface area (TPSA) is 71.1 Å². The molecule has 1 aromatic carbocycles. The molecule has 1 aliphatic heterocycles. The number of H-pyrrole nitrogens is 1. The molecule has 0 bridgehead atoms. The second-order valence-corrected chi connectivity index (χ2v) is 6.21. The number of aromatic amines is 1. The van der Waals surface area contributed by atoms with E-state index in [0.717, 1.165) is 18.7 Å². The van der Waals surface area contributed by atoms with E-state index in [2.05, 4.69) is 27.3 Å². The maximum absolute atomic E-state index is 13.0. The Morgan fingerprint density at radius 2 is 2.26 bits per heavy atom. The van der Waals surface area contributed by atoms with Gasteiger partial charge in [0.2, 0.25) is 5.91 Å². The highest BCUT2D eigenvalue weighted by Crippen LogP contribution is 2.35. The summed E-state index contributed by atoms with van der Waals surface area (Å²) in [6, 6.07) is 8.27. The summed E-state index contributed by atoms with van der Waals surface area (Å²) in [4.78, 5) is 19.2. The van der Waals surface area contributed by atoms with E-state index in [4.69, 9.17) is 4.74 Å². The number of amides is 1. The summed E-state index contributed by atoms with van der Waals surface area (Å²) in [6.45, 7) is 3.54. The van der Waals surface area contributed by atoms with Crippen molar-refractivity contribution >= 4 is 5.91 Å². The standard InChI is InChI=1S/C17H20N4O2/c1-11-18-16(20-19-11)15-10-21(8-9-23-15)17(22)14-7-6-12-4-2-3-5-13(12)14/h2-5,14-15H,6-10H2,1H3,(H,18,19,20)/t14-,15+/m1/s1. The van der Waals surface area contributed by atoms with Gasteiger partial charge in [0.15, 0.2) is 5.82 Å². The van der Waals surface area contributed by atoms with Gasteiger partial charge in [-0.15, -0.1) is 0 Å². The highest BCUT2D eigenvalue weighted by Gasteiger charge is 2.35. The minimum atomic E-state index is -0.241. The fourth-order valence-electron chi connectivity index (χ4n) is 3.54. The molecule has 4 rings (SSSR count). The summed E-state index contributed by atoms with van der Waals surface area (Å²) in [5.74, 6) is 1.58. The largest absolute Gasteiger partial charge is 0.366 e. The highest BCUT2D eigenvalue weighted by atomic mass is 16.5. The number of aryl methyl sites for hydroxylation is 2. The van der Waals surface area contributed by atoms with Gasteiger partial charge in [0, 0.05) is 6.54 Å². The van der Waals surface area contributed by atoms with Crippen molar-refractivity contribution in [2.24, 2.45) is 0 Å². The van der Waals surface area contributed by atoms with Crippen LogP contribution in [0.15, 0.2) is 24.3 Å². The predicted molar refractivity (Wildman–Crippen MR) is 83.9 cm³/mol. The first-order valence-electron chi connectivity index (χ1n) is 8.09. The Hall–Kier alpha value is -2.21. The van der Waals surface area contributed by atoms with E-state index in [1.165, 1.54) is 11.1 Å². The number of carbonyl (C=O) groups excluding carboxylic acids is 1. The second-order valence-electron chi connectivity index (χ2n) is 6.21. The second kappa shape index (κ2) is 5.77. The van der Waals surface area contributed by atoms with Gasteiger partial charge in [0.25, 0.3) is 0 Å². The summed E-state index contributed by atoms with van der Waals surface area (Å²) in [6.07, 6.45) is 1.65. The third-order valence-corrected chi connectivity index (χ3v) is 4.71. The molecule has 0 unspecified atom stereocenters. The molecule has 6 nitrogen and oxygen atoms in total. The molecule has 0 spiro atoms. The number of fused-ring (bicyclic) bond motifs is 1. The van der Waals surface area contributed by atoms with Crippen molar-refractivity contribution in [2.75, 3.05) is 19.7 Å². The zero-order chi connectivity index (χ0) is 15.8. The van der Waals surface area contributed by atoms with Gasteiger partial charge in [-0.3, -0.25) is 9.89 Å². The third-order valence-electron chi connectivity index (χ3n) is 4.71. The summed E-state index contributed by atoms with van der Waals surface area (Å²) >= 11 is 0. The maximum Gasteiger partial charge on any atom is 0.230 e. The van der Waals surface area contributed by atoms with Crippen LogP contribution in [0.3, 0.4) is 0 Å². The van der Waals surface area contributed by atoms with Crippen molar-refractivity contribution in [3.63, 3.8) is 0 Å². The molecule has 120 valence electrons. The lowest BCUT2D eigenvalue weighted by molar-refractivity contribution is -0.140. The van der Waals surface area contributed by atoms with Gasteiger partial charge in [-0.25, -0.2) is 4.98 Å². The number of aromatic nitrogens is 3. The zero-order valence-corrected chi connectivity index (χ0v) is 13.2. The summed E-state index contributed by atoms with van der Waals surface area (Å²) in [7, 11) is 0. The minimum Gasteiger partial charge on any atom is -0.366 e. The first kappa shape index (κ1) is 14.4. The minimum absolute atomic E-state index is 0.0150. The molecule has 2 aromatic rings. The molecule has 1 saturated heterocycles. The van der Waals surface area contributed by atoms with Crippen LogP contribution in [-0.4, -0.2) is 45.7 Å². The van der Waals surface area contributed by atoms with Crippen LogP contribution in [-0.2, 0) is 16.0 Å². The van der Waals surface area contributed by atoms with Crippen LogP contribution < -0.4 is 0 Å². The smallest absolute Gasteiger partial charge is 0.230 e. The Morgan fingerprint density at radius 1 is 1.39 bits per heavy atom. The van der Waals surface area contributed by atoms with Crippen LogP contribution >= 0.6 is 0 Å². The van der Waals surface area contributed by atoms with Gasteiger partial charge >= 0.3 is 0 Å². The molecule has 2 atom stereocenters. The Balaban J connectivity index is 1.51. The van der Waals surface area contributed by atoms with E-state index in [1.54, 1.807) is 0 Å². The van der Waals surface area contributed by atoms with Crippen LogP contribution in [0, 0.1) is 6.92 Å². The average molecular weight is 312 g/mol. The van der Waals surface area contributed by atoms with Gasteiger partial charge in [-0.1, -0.05) is 24.3 Å². The van der Waals surface area contributed by atoms with E-state index >= 15 is 0 Å². The van der Waals surface area contributed by atoms with Crippen LogP contribution in [0.1, 0.15) is 41.2 Å². The van der Waals surface area contributed by atoms with Gasteiger partial charge < -0.3 is 9.64 Å². The Bertz CT molecular complexity index is 727. The first-order valence-corrected chi connectivity index (χ1v) is 8.09. The Morgan fingerprint density at radius 3 is 3.09 bits per heavy atom. The zero-order valence-electron chi connectivity index (χ0n) is 13.2. The summed E-state index contributed by atoms with van der Waals surface area (Å²) in [5, 5.41) is 7.00. The number of rotatable bonds is 2. The van der Waals surface area contributed by atoms with Crippen LogP contribution in [0.5, 0.6) is 0 Å². The SMILES string of the molecule is Cc1nc([C@@H]2CN(C(=O)[C@@H]3CCc4ccccc43)CCO2)n[nH]1. The van der Waals surface area contributed by atoms with Crippen molar-refractivity contribution < 1.29 is 9.53 Å². The average Bonchev–Trinajstić information content (AvgIpc) is 3.20. The molecule has 2 heterocycles. The van der Waals surface area contributed by atoms with Gasteiger partial charge in [0.05, 0.1) is 19.1 Å². The molecule has 1 N–H and O–H groups in total. The first-order chi connectivity index (χ1) is 11.2. The quantitative estimate of drug-likeness (QED) is 0.917. The molecule has 1 aromatic heterocycles. The van der Waals surface area contributed by atoms with Crippen molar-refractivity contribution in [1.82, 2.24) is 20.1 Å². The van der Waals surface area contributed by atoms with E-state index in [1.807, 2.05) is 24.0 Å². The number of hydrogen-bond acceptors (Lipinski definition) is 4. The van der Waals surface area contributed by atoms with Gasteiger partial charge in [0.1, 0.15) is 11.9 Å². The molecule has 0 radical (unpaired) electrons. The lowest BCUT2D eigenvalue weighted by Crippen LogP contribution is -2.44. The van der Waals surface area contributed by atoms with E-state index < -0.39 is 0 Å². The van der Waals surface area contributed by atoms with Crippen LogP contribution in [0.2, 0.25) is 0 Å². The molecule has 1 aliphatic carbocycles. The van der Waals surface area contributed by atoms with Crippen molar-refractivity contribution in [2.45, 2.75) is 31.8 Å². The Kier molecular flexibility index (Phi) is 3.61. The molecular weight excluding hydrogens is 292 g/mol. The Labute approximate surface area is 134 Å². The molecular formula is C17H20N4O2.